The lowest BCUT2D eigenvalue weighted by molar-refractivity contribution is 0.0601. The van der Waals surface area contributed by atoms with Gasteiger partial charge in [-0.05, 0) is 30.3 Å². The van der Waals surface area contributed by atoms with Gasteiger partial charge in [0.05, 0.1) is 19.7 Å². The molecule has 5 nitrogen and oxygen atoms in total. The molecule has 3 aromatic rings. The quantitative estimate of drug-likeness (QED) is 0.534. The Hall–Kier alpha value is -2.82. The van der Waals surface area contributed by atoms with Crippen LogP contribution in [-0.4, -0.2) is 24.6 Å². The lowest BCUT2D eigenvalue weighted by atomic mass is 10.0. The topological polar surface area (TPSA) is 57.0 Å². The van der Waals surface area contributed by atoms with Crippen LogP contribution in [0.3, 0.4) is 0 Å². The Bertz CT molecular complexity index is 911. The number of methoxy groups -OCH3 is 2. The summed E-state index contributed by atoms with van der Waals surface area (Å²) in [5.74, 6) is -0.0798. The third-order valence-electron chi connectivity index (χ3n) is 3.45. The highest BCUT2D eigenvalue weighted by molar-refractivity contribution is 6.09. The van der Waals surface area contributed by atoms with E-state index in [2.05, 4.69) is 0 Å². The number of aromatic nitrogens is 1. The molecule has 0 aliphatic rings. The summed E-state index contributed by atoms with van der Waals surface area (Å²) in [5, 5.41) is 1.31. The molecular weight excluding hydrogens is 270 g/mol. The number of ether oxygens (including phenoxy) is 2. The largest absolute Gasteiger partial charge is 0.497 e. The second-order valence-electron chi connectivity index (χ2n) is 4.54. The molecule has 106 valence electrons. The van der Waals surface area contributed by atoms with E-state index in [0.29, 0.717) is 11.1 Å². The van der Waals surface area contributed by atoms with Crippen LogP contribution in [0.15, 0.2) is 47.4 Å². The fourth-order valence-electron chi connectivity index (χ4n) is 2.46. The molecule has 1 aromatic carbocycles. The van der Waals surface area contributed by atoms with Crippen LogP contribution in [0.1, 0.15) is 10.4 Å². The molecule has 0 aliphatic carbocycles. The zero-order chi connectivity index (χ0) is 15.0. The summed E-state index contributed by atoms with van der Waals surface area (Å²) in [4.78, 5) is 24.6. The van der Waals surface area contributed by atoms with Crippen molar-refractivity contribution in [1.82, 2.24) is 4.40 Å². The molecule has 0 spiro atoms. The molecule has 0 saturated carbocycles. The maximum absolute atomic E-state index is 12.6. The van der Waals surface area contributed by atoms with Gasteiger partial charge in [0.2, 0.25) is 0 Å². The van der Waals surface area contributed by atoms with E-state index in [-0.39, 0.29) is 5.56 Å². The molecule has 0 fully saturated rings. The number of carbonyl (C=O) groups excluding carboxylic acids is 1. The molecule has 0 N–H and O–H groups in total. The van der Waals surface area contributed by atoms with E-state index in [4.69, 9.17) is 9.47 Å². The number of benzene rings is 1. The van der Waals surface area contributed by atoms with Gasteiger partial charge in [-0.25, -0.2) is 4.79 Å². The van der Waals surface area contributed by atoms with Crippen molar-refractivity contribution < 1.29 is 14.3 Å². The van der Waals surface area contributed by atoms with Crippen LogP contribution in [-0.2, 0) is 4.74 Å². The molecule has 0 amide bonds. The van der Waals surface area contributed by atoms with Gasteiger partial charge in [0.25, 0.3) is 5.56 Å². The average Bonchev–Trinajstić information content (AvgIpc) is 2.54. The Morgan fingerprint density at radius 1 is 1.10 bits per heavy atom. The van der Waals surface area contributed by atoms with E-state index in [1.165, 1.54) is 18.6 Å². The number of rotatable bonds is 2. The van der Waals surface area contributed by atoms with Crippen LogP contribution in [0.25, 0.3) is 16.3 Å². The summed E-state index contributed by atoms with van der Waals surface area (Å²) in [7, 11) is 2.79. The van der Waals surface area contributed by atoms with Gasteiger partial charge in [-0.3, -0.25) is 9.20 Å². The van der Waals surface area contributed by atoms with Crippen molar-refractivity contribution >= 4 is 22.3 Å². The highest BCUT2D eigenvalue weighted by Crippen LogP contribution is 2.26. The second kappa shape index (κ2) is 4.94. The van der Waals surface area contributed by atoms with E-state index >= 15 is 0 Å². The Morgan fingerprint density at radius 3 is 2.62 bits per heavy atom. The van der Waals surface area contributed by atoms with Crippen LogP contribution in [0, 0.1) is 0 Å². The first-order valence-corrected chi connectivity index (χ1v) is 6.37. The predicted octanol–water partition coefficient (Wildman–Crippen LogP) is 2.25. The number of fused-ring (bicyclic) bond motifs is 3. The summed E-state index contributed by atoms with van der Waals surface area (Å²) in [6.07, 6.45) is 1.63. The van der Waals surface area contributed by atoms with E-state index in [0.717, 1.165) is 10.9 Å². The van der Waals surface area contributed by atoms with Crippen LogP contribution >= 0.6 is 0 Å². The van der Waals surface area contributed by atoms with Crippen molar-refractivity contribution in [2.75, 3.05) is 14.2 Å². The van der Waals surface area contributed by atoms with Crippen molar-refractivity contribution in [3.05, 3.63) is 58.5 Å². The summed E-state index contributed by atoms with van der Waals surface area (Å²) in [6.45, 7) is 0. The zero-order valence-electron chi connectivity index (χ0n) is 11.6. The Kier molecular flexibility index (Phi) is 3.10. The maximum Gasteiger partial charge on any atom is 0.344 e. The number of esters is 1. The summed E-state index contributed by atoms with van der Waals surface area (Å²) in [6, 6.07) is 10.7. The molecule has 0 atom stereocenters. The molecule has 2 heterocycles. The summed E-state index contributed by atoms with van der Waals surface area (Å²) >= 11 is 0. The number of nitrogens with zero attached hydrogens (tertiary/aromatic N) is 1. The molecule has 0 unspecified atom stereocenters. The van der Waals surface area contributed by atoms with E-state index < -0.39 is 11.5 Å². The highest BCUT2D eigenvalue weighted by atomic mass is 16.5. The normalized spacial score (nSPS) is 10.8. The fourth-order valence-corrected chi connectivity index (χ4v) is 2.46. The van der Waals surface area contributed by atoms with Crippen molar-refractivity contribution in [3.8, 4) is 5.75 Å². The Balaban J connectivity index is 2.58. The standard InChI is InChI=1S/C16H13NO4/c1-20-10-6-7-11-12(9-10)14(16(19)21-2)15(18)17-8-4-3-5-13(11)17/h3-9H,1-2H3. The molecule has 3 rings (SSSR count). The predicted molar refractivity (Wildman–Crippen MR) is 79.1 cm³/mol. The molecule has 0 radical (unpaired) electrons. The molecule has 0 bridgehead atoms. The molecule has 5 heteroatoms. The van der Waals surface area contributed by atoms with Gasteiger partial charge in [-0.2, -0.15) is 0 Å². The van der Waals surface area contributed by atoms with Gasteiger partial charge < -0.3 is 9.47 Å². The second-order valence-corrected chi connectivity index (χ2v) is 4.54. The van der Waals surface area contributed by atoms with Crippen LogP contribution < -0.4 is 10.3 Å². The summed E-state index contributed by atoms with van der Waals surface area (Å²) < 4.78 is 11.4. The van der Waals surface area contributed by atoms with Crippen LogP contribution in [0.2, 0.25) is 0 Å². The lowest BCUT2D eigenvalue weighted by Gasteiger charge is -2.10. The van der Waals surface area contributed by atoms with E-state index in [1.807, 2.05) is 18.2 Å². The van der Waals surface area contributed by atoms with Crippen molar-refractivity contribution in [1.29, 1.82) is 0 Å². The Labute approximate surface area is 120 Å². The van der Waals surface area contributed by atoms with E-state index in [1.54, 1.807) is 24.4 Å². The van der Waals surface area contributed by atoms with Crippen molar-refractivity contribution in [2.45, 2.75) is 0 Å². The van der Waals surface area contributed by atoms with Crippen LogP contribution in [0.4, 0.5) is 0 Å². The van der Waals surface area contributed by atoms with Gasteiger partial charge in [-0.15, -0.1) is 0 Å². The minimum Gasteiger partial charge on any atom is -0.497 e. The number of hydrogen-bond donors (Lipinski definition) is 0. The number of pyridine rings is 2. The first kappa shape index (κ1) is 13.2. The summed E-state index contributed by atoms with van der Waals surface area (Å²) in [5.41, 5.74) is 0.334. The lowest BCUT2D eigenvalue weighted by Crippen LogP contribution is -2.23. The fraction of sp³-hybridized carbons (Fsp3) is 0.125. The smallest absolute Gasteiger partial charge is 0.344 e. The van der Waals surface area contributed by atoms with Gasteiger partial charge in [0.15, 0.2) is 0 Å². The monoisotopic (exact) mass is 283 g/mol. The SMILES string of the molecule is COC(=O)c1c(=O)n2ccccc2c2ccc(OC)cc12. The Morgan fingerprint density at radius 2 is 1.90 bits per heavy atom. The maximum atomic E-state index is 12.6. The van der Waals surface area contributed by atoms with E-state index in [9.17, 15) is 9.59 Å². The van der Waals surface area contributed by atoms with Gasteiger partial charge in [0.1, 0.15) is 11.3 Å². The van der Waals surface area contributed by atoms with Gasteiger partial charge in [-0.1, -0.05) is 6.07 Å². The average molecular weight is 283 g/mol. The third kappa shape index (κ3) is 1.94. The minimum atomic E-state index is -0.656. The van der Waals surface area contributed by atoms with Crippen molar-refractivity contribution in [3.63, 3.8) is 0 Å². The highest BCUT2D eigenvalue weighted by Gasteiger charge is 2.19. The zero-order valence-corrected chi connectivity index (χ0v) is 11.6. The molecule has 0 saturated heterocycles. The third-order valence-corrected chi connectivity index (χ3v) is 3.45. The molecule has 2 aromatic heterocycles. The number of hydrogen-bond acceptors (Lipinski definition) is 4. The molecule has 0 aliphatic heterocycles. The first-order valence-electron chi connectivity index (χ1n) is 6.37. The minimum absolute atomic E-state index is 0.00935. The first-order chi connectivity index (χ1) is 10.2. The molecular formula is C16H13NO4. The van der Waals surface area contributed by atoms with Gasteiger partial charge in [0, 0.05) is 17.0 Å². The molecule has 21 heavy (non-hydrogen) atoms. The van der Waals surface area contributed by atoms with Crippen molar-refractivity contribution in [2.24, 2.45) is 0 Å². The number of carbonyl (C=O) groups is 1. The van der Waals surface area contributed by atoms with Gasteiger partial charge >= 0.3 is 5.97 Å². The van der Waals surface area contributed by atoms with Crippen LogP contribution in [0.5, 0.6) is 5.75 Å².